The Labute approximate surface area is 109 Å². The van der Waals surface area contributed by atoms with Gasteiger partial charge in [0.25, 0.3) is 0 Å². The molecule has 0 radical (unpaired) electrons. The van der Waals surface area contributed by atoms with Crippen molar-refractivity contribution in [2.24, 2.45) is 0 Å². The lowest BCUT2D eigenvalue weighted by Gasteiger charge is -2.16. The first-order valence-electron chi connectivity index (χ1n) is 6.57. The molecule has 0 bridgehead atoms. The van der Waals surface area contributed by atoms with Crippen LogP contribution in [0.3, 0.4) is 0 Å². The first-order valence-corrected chi connectivity index (χ1v) is 6.57. The highest BCUT2D eigenvalue weighted by atomic mass is 16.6. The zero-order valence-corrected chi connectivity index (χ0v) is 11.2. The first kappa shape index (κ1) is 14.7. The van der Waals surface area contributed by atoms with Gasteiger partial charge in [0.2, 0.25) is 0 Å². The Balaban J connectivity index is 2.25. The number of ether oxygens (including phenoxy) is 2. The number of rotatable bonds is 8. The average Bonchev–Trinajstić information content (AvgIpc) is 2.39. The Hall–Kier alpha value is -1.35. The second kappa shape index (κ2) is 8.70. The predicted molar refractivity (Wildman–Crippen MR) is 71.2 cm³/mol. The molecule has 0 aliphatic carbocycles. The Bertz CT molecular complexity index is 335. The van der Waals surface area contributed by atoms with Gasteiger partial charge in [-0.3, -0.25) is 4.79 Å². The number of benzene rings is 1. The topological polar surface area (TPSA) is 35.5 Å². The summed E-state index contributed by atoms with van der Waals surface area (Å²) in [6.07, 6.45) is 1.95. The summed E-state index contributed by atoms with van der Waals surface area (Å²) in [6, 6.07) is 9.98. The highest BCUT2D eigenvalue weighted by Gasteiger charge is 2.11. The fraction of sp³-hybridized carbons (Fsp3) is 0.533. The van der Waals surface area contributed by atoms with Crippen LogP contribution >= 0.6 is 0 Å². The molecule has 1 unspecified atom stereocenters. The van der Waals surface area contributed by atoms with Gasteiger partial charge in [-0.15, -0.1) is 0 Å². The van der Waals surface area contributed by atoms with E-state index in [1.807, 2.05) is 44.2 Å². The van der Waals surface area contributed by atoms with E-state index in [1.54, 1.807) is 0 Å². The van der Waals surface area contributed by atoms with Crippen molar-refractivity contribution in [3.63, 3.8) is 0 Å². The average molecular weight is 250 g/mol. The van der Waals surface area contributed by atoms with Crippen molar-refractivity contribution in [2.45, 2.75) is 45.8 Å². The number of hydrogen-bond donors (Lipinski definition) is 0. The van der Waals surface area contributed by atoms with Crippen molar-refractivity contribution in [1.82, 2.24) is 0 Å². The summed E-state index contributed by atoms with van der Waals surface area (Å²) < 4.78 is 10.9. The fourth-order valence-corrected chi connectivity index (χ4v) is 1.57. The number of hydrogen-bond acceptors (Lipinski definition) is 3. The van der Waals surface area contributed by atoms with Crippen LogP contribution in [-0.2, 0) is 20.9 Å². The highest BCUT2D eigenvalue weighted by Crippen LogP contribution is 2.06. The fourth-order valence-electron chi connectivity index (χ4n) is 1.57. The van der Waals surface area contributed by atoms with E-state index in [4.69, 9.17) is 9.47 Å². The van der Waals surface area contributed by atoms with Gasteiger partial charge in [-0.25, -0.2) is 0 Å². The van der Waals surface area contributed by atoms with E-state index in [2.05, 4.69) is 0 Å². The molecule has 18 heavy (non-hydrogen) atoms. The van der Waals surface area contributed by atoms with E-state index >= 15 is 0 Å². The molecule has 0 saturated heterocycles. The minimum Gasteiger partial charge on any atom is -0.460 e. The SMILES string of the molecule is CCCC(=O)OC(CC)COCc1ccccc1. The normalized spacial score (nSPS) is 12.1. The summed E-state index contributed by atoms with van der Waals surface area (Å²) in [7, 11) is 0. The third kappa shape index (κ3) is 5.82. The van der Waals surface area contributed by atoms with Crippen LogP contribution in [-0.4, -0.2) is 18.7 Å². The van der Waals surface area contributed by atoms with Gasteiger partial charge >= 0.3 is 5.97 Å². The molecule has 0 heterocycles. The van der Waals surface area contributed by atoms with Crippen molar-refractivity contribution in [1.29, 1.82) is 0 Å². The van der Waals surface area contributed by atoms with E-state index in [9.17, 15) is 4.79 Å². The smallest absolute Gasteiger partial charge is 0.306 e. The maximum absolute atomic E-state index is 11.4. The minimum atomic E-state index is -0.132. The quantitative estimate of drug-likeness (QED) is 0.664. The van der Waals surface area contributed by atoms with Gasteiger partial charge in [-0.05, 0) is 18.4 Å². The van der Waals surface area contributed by atoms with Crippen LogP contribution < -0.4 is 0 Å². The summed E-state index contributed by atoms with van der Waals surface area (Å²) in [5, 5.41) is 0. The maximum atomic E-state index is 11.4. The Morgan fingerprint density at radius 2 is 1.94 bits per heavy atom. The zero-order chi connectivity index (χ0) is 13.2. The van der Waals surface area contributed by atoms with Crippen molar-refractivity contribution in [3.05, 3.63) is 35.9 Å². The lowest BCUT2D eigenvalue weighted by atomic mass is 10.2. The molecule has 100 valence electrons. The van der Waals surface area contributed by atoms with Crippen LogP contribution in [0.25, 0.3) is 0 Å². The number of esters is 1. The predicted octanol–water partition coefficient (Wildman–Crippen LogP) is 3.33. The van der Waals surface area contributed by atoms with Crippen LogP contribution in [0.1, 0.15) is 38.7 Å². The molecule has 0 N–H and O–H groups in total. The largest absolute Gasteiger partial charge is 0.460 e. The molecular formula is C15H22O3. The molecule has 0 fully saturated rings. The highest BCUT2D eigenvalue weighted by molar-refractivity contribution is 5.69. The number of carbonyl (C=O) groups excluding carboxylic acids is 1. The van der Waals surface area contributed by atoms with Gasteiger partial charge in [-0.1, -0.05) is 44.2 Å². The number of carbonyl (C=O) groups is 1. The molecule has 1 rings (SSSR count). The molecular weight excluding hydrogens is 228 g/mol. The van der Waals surface area contributed by atoms with Crippen LogP contribution in [0.15, 0.2) is 30.3 Å². The summed E-state index contributed by atoms with van der Waals surface area (Å²) in [5.41, 5.74) is 1.13. The Morgan fingerprint density at radius 3 is 2.56 bits per heavy atom. The molecule has 1 aromatic carbocycles. The lowest BCUT2D eigenvalue weighted by Crippen LogP contribution is -2.22. The van der Waals surface area contributed by atoms with Gasteiger partial charge in [0.1, 0.15) is 6.10 Å². The molecule has 3 heteroatoms. The molecule has 0 spiro atoms. The Morgan fingerprint density at radius 1 is 1.22 bits per heavy atom. The summed E-state index contributed by atoms with van der Waals surface area (Å²) >= 11 is 0. The molecule has 0 amide bonds. The van der Waals surface area contributed by atoms with E-state index in [0.29, 0.717) is 19.6 Å². The first-order chi connectivity index (χ1) is 8.76. The van der Waals surface area contributed by atoms with Gasteiger partial charge < -0.3 is 9.47 Å². The maximum Gasteiger partial charge on any atom is 0.306 e. The molecule has 0 aliphatic heterocycles. The van der Waals surface area contributed by atoms with E-state index in [1.165, 1.54) is 0 Å². The second-order valence-electron chi connectivity index (χ2n) is 4.27. The van der Waals surface area contributed by atoms with Crippen LogP contribution in [0.2, 0.25) is 0 Å². The molecule has 1 atom stereocenters. The van der Waals surface area contributed by atoms with Crippen LogP contribution in [0.4, 0.5) is 0 Å². The van der Waals surface area contributed by atoms with Crippen LogP contribution in [0.5, 0.6) is 0 Å². The standard InChI is InChI=1S/C15H22O3/c1-3-8-15(16)18-14(4-2)12-17-11-13-9-6-5-7-10-13/h5-7,9-10,14H,3-4,8,11-12H2,1-2H3. The van der Waals surface area contributed by atoms with E-state index in [-0.39, 0.29) is 12.1 Å². The van der Waals surface area contributed by atoms with Gasteiger partial charge in [0, 0.05) is 6.42 Å². The Kier molecular flexibility index (Phi) is 7.11. The van der Waals surface area contributed by atoms with Crippen molar-refractivity contribution in [3.8, 4) is 0 Å². The van der Waals surface area contributed by atoms with Crippen molar-refractivity contribution < 1.29 is 14.3 Å². The van der Waals surface area contributed by atoms with Crippen LogP contribution in [0, 0.1) is 0 Å². The van der Waals surface area contributed by atoms with Crippen molar-refractivity contribution in [2.75, 3.05) is 6.61 Å². The lowest BCUT2D eigenvalue weighted by molar-refractivity contribution is -0.152. The second-order valence-corrected chi connectivity index (χ2v) is 4.27. The van der Waals surface area contributed by atoms with E-state index < -0.39 is 0 Å². The molecule has 3 nitrogen and oxygen atoms in total. The summed E-state index contributed by atoms with van der Waals surface area (Å²) in [4.78, 5) is 11.4. The van der Waals surface area contributed by atoms with Crippen molar-refractivity contribution >= 4 is 5.97 Å². The molecule has 0 saturated carbocycles. The third-order valence-corrected chi connectivity index (χ3v) is 2.62. The van der Waals surface area contributed by atoms with E-state index in [0.717, 1.165) is 18.4 Å². The summed E-state index contributed by atoms with van der Waals surface area (Å²) in [5.74, 6) is -0.132. The van der Waals surface area contributed by atoms with Gasteiger partial charge in [0.05, 0.1) is 13.2 Å². The third-order valence-electron chi connectivity index (χ3n) is 2.62. The summed E-state index contributed by atoms with van der Waals surface area (Å²) in [6.45, 7) is 4.98. The van der Waals surface area contributed by atoms with Gasteiger partial charge in [-0.2, -0.15) is 0 Å². The molecule has 0 aliphatic rings. The zero-order valence-electron chi connectivity index (χ0n) is 11.2. The monoisotopic (exact) mass is 250 g/mol. The molecule has 0 aromatic heterocycles. The van der Waals surface area contributed by atoms with Gasteiger partial charge in [0.15, 0.2) is 0 Å². The molecule has 1 aromatic rings. The minimum absolute atomic E-state index is 0.132.